The van der Waals surface area contributed by atoms with Crippen molar-refractivity contribution in [2.75, 3.05) is 0 Å². The van der Waals surface area contributed by atoms with Gasteiger partial charge in [-0.2, -0.15) is 0 Å². The van der Waals surface area contributed by atoms with Crippen molar-refractivity contribution >= 4 is 17.1 Å². The molecule has 2 aromatic rings. The number of aromatic nitrogens is 1. The topological polar surface area (TPSA) is 30.0 Å². The molecular formula is C14H15NOS. The third-order valence-corrected chi connectivity index (χ3v) is 3.35. The van der Waals surface area contributed by atoms with E-state index in [1.807, 2.05) is 42.6 Å². The van der Waals surface area contributed by atoms with E-state index in [1.165, 1.54) is 0 Å². The van der Waals surface area contributed by atoms with Crippen LogP contribution in [0.3, 0.4) is 0 Å². The standard InChI is InChI=1S/C14H15NOS/c1-2-6-12(16)9-14-15-13(10-17-14)11-7-4-3-5-8-11/h3-5,7-8,10H,2,6,9H2,1H3. The van der Waals surface area contributed by atoms with E-state index in [4.69, 9.17) is 0 Å². The van der Waals surface area contributed by atoms with Crippen molar-refractivity contribution in [3.05, 3.63) is 40.7 Å². The molecule has 2 nitrogen and oxygen atoms in total. The number of hydrogen-bond acceptors (Lipinski definition) is 3. The normalized spacial score (nSPS) is 10.4. The second kappa shape index (κ2) is 5.73. The average molecular weight is 245 g/mol. The molecular weight excluding hydrogens is 230 g/mol. The number of thiazole rings is 1. The minimum Gasteiger partial charge on any atom is -0.299 e. The lowest BCUT2D eigenvalue weighted by Crippen LogP contribution is -2.01. The maximum Gasteiger partial charge on any atom is 0.139 e. The van der Waals surface area contributed by atoms with Crippen molar-refractivity contribution in [2.45, 2.75) is 26.2 Å². The molecule has 0 bridgehead atoms. The minimum atomic E-state index is 0.279. The SMILES string of the molecule is CCCC(=O)Cc1nc(-c2ccccc2)cs1. The van der Waals surface area contributed by atoms with Crippen LogP contribution in [0.2, 0.25) is 0 Å². The first kappa shape index (κ1) is 12.0. The largest absolute Gasteiger partial charge is 0.299 e. The van der Waals surface area contributed by atoms with E-state index in [0.717, 1.165) is 22.7 Å². The molecule has 0 amide bonds. The molecule has 0 spiro atoms. The number of benzene rings is 1. The molecule has 0 aliphatic carbocycles. The zero-order valence-electron chi connectivity index (χ0n) is 9.85. The highest BCUT2D eigenvalue weighted by atomic mass is 32.1. The zero-order valence-corrected chi connectivity index (χ0v) is 10.7. The number of ketones is 1. The van der Waals surface area contributed by atoms with Crippen molar-refractivity contribution in [3.8, 4) is 11.3 Å². The summed E-state index contributed by atoms with van der Waals surface area (Å²) < 4.78 is 0. The zero-order chi connectivity index (χ0) is 12.1. The van der Waals surface area contributed by atoms with E-state index in [0.29, 0.717) is 12.8 Å². The van der Waals surface area contributed by atoms with Gasteiger partial charge in [-0.25, -0.2) is 4.98 Å². The molecule has 0 aliphatic rings. The van der Waals surface area contributed by atoms with Crippen LogP contribution in [0.1, 0.15) is 24.8 Å². The first-order chi connectivity index (χ1) is 8.29. The van der Waals surface area contributed by atoms with Gasteiger partial charge < -0.3 is 0 Å². The summed E-state index contributed by atoms with van der Waals surface area (Å²) in [5.74, 6) is 0.279. The summed E-state index contributed by atoms with van der Waals surface area (Å²) in [6.45, 7) is 2.02. The van der Waals surface area contributed by atoms with Crippen molar-refractivity contribution in [3.63, 3.8) is 0 Å². The fourth-order valence-electron chi connectivity index (χ4n) is 1.67. The molecule has 88 valence electrons. The van der Waals surface area contributed by atoms with E-state index >= 15 is 0 Å². The molecule has 0 unspecified atom stereocenters. The Hall–Kier alpha value is -1.48. The molecule has 0 aliphatic heterocycles. The van der Waals surface area contributed by atoms with Gasteiger partial charge in [0.2, 0.25) is 0 Å². The fraction of sp³-hybridized carbons (Fsp3) is 0.286. The molecule has 0 saturated heterocycles. The predicted octanol–water partition coefficient (Wildman–Crippen LogP) is 3.72. The highest BCUT2D eigenvalue weighted by molar-refractivity contribution is 7.10. The van der Waals surface area contributed by atoms with Gasteiger partial charge in [-0.05, 0) is 6.42 Å². The summed E-state index contributed by atoms with van der Waals surface area (Å²) in [5, 5.41) is 2.94. The van der Waals surface area contributed by atoms with Gasteiger partial charge in [0.25, 0.3) is 0 Å². The van der Waals surface area contributed by atoms with E-state index in [2.05, 4.69) is 4.98 Å². The van der Waals surface area contributed by atoms with Crippen LogP contribution in [0.4, 0.5) is 0 Å². The summed E-state index contributed by atoms with van der Waals surface area (Å²) in [6.07, 6.45) is 2.04. The Morgan fingerprint density at radius 1 is 1.29 bits per heavy atom. The molecule has 1 aromatic heterocycles. The van der Waals surface area contributed by atoms with E-state index in [1.54, 1.807) is 11.3 Å². The summed E-state index contributed by atoms with van der Waals surface area (Å²) in [4.78, 5) is 16.0. The summed E-state index contributed by atoms with van der Waals surface area (Å²) in [5.41, 5.74) is 2.08. The van der Waals surface area contributed by atoms with Crippen molar-refractivity contribution in [1.29, 1.82) is 0 Å². The quantitative estimate of drug-likeness (QED) is 0.803. The number of Topliss-reactive ketones (excluding diaryl/α,β-unsaturated/α-hetero) is 1. The third-order valence-electron chi connectivity index (χ3n) is 2.50. The number of hydrogen-bond donors (Lipinski definition) is 0. The lowest BCUT2D eigenvalue weighted by molar-refractivity contribution is -0.118. The van der Waals surface area contributed by atoms with Gasteiger partial charge in [0.05, 0.1) is 12.1 Å². The predicted molar refractivity (Wildman–Crippen MR) is 71.2 cm³/mol. The van der Waals surface area contributed by atoms with E-state index in [9.17, 15) is 4.79 Å². The second-order valence-corrected chi connectivity index (χ2v) is 4.90. The number of rotatable bonds is 5. The van der Waals surface area contributed by atoms with Gasteiger partial charge in [0.15, 0.2) is 0 Å². The van der Waals surface area contributed by atoms with E-state index < -0.39 is 0 Å². The van der Waals surface area contributed by atoms with Crippen LogP contribution in [-0.2, 0) is 11.2 Å². The lowest BCUT2D eigenvalue weighted by Gasteiger charge is -1.95. The maximum absolute atomic E-state index is 11.5. The molecule has 1 heterocycles. The Morgan fingerprint density at radius 3 is 2.76 bits per heavy atom. The number of nitrogens with zero attached hydrogens (tertiary/aromatic N) is 1. The second-order valence-electron chi connectivity index (χ2n) is 3.96. The third kappa shape index (κ3) is 3.24. The molecule has 1 aromatic carbocycles. The summed E-state index contributed by atoms with van der Waals surface area (Å²) in [6, 6.07) is 10.0. The van der Waals surface area contributed by atoms with Gasteiger partial charge >= 0.3 is 0 Å². The molecule has 0 atom stereocenters. The maximum atomic E-state index is 11.5. The van der Waals surface area contributed by atoms with Gasteiger partial charge in [-0.1, -0.05) is 37.3 Å². The lowest BCUT2D eigenvalue weighted by atomic mass is 10.2. The van der Waals surface area contributed by atoms with Crippen LogP contribution in [0.25, 0.3) is 11.3 Å². The Bertz CT molecular complexity index is 490. The Labute approximate surface area is 105 Å². The monoisotopic (exact) mass is 245 g/mol. The summed E-state index contributed by atoms with van der Waals surface area (Å²) in [7, 11) is 0. The summed E-state index contributed by atoms with van der Waals surface area (Å²) >= 11 is 1.57. The van der Waals surface area contributed by atoms with Crippen molar-refractivity contribution < 1.29 is 4.79 Å². The van der Waals surface area contributed by atoms with Gasteiger partial charge in [-0.3, -0.25) is 4.79 Å². The molecule has 0 fully saturated rings. The number of carbonyl (C=O) groups is 1. The van der Waals surface area contributed by atoms with Gasteiger partial charge in [0, 0.05) is 17.4 Å². The Balaban J connectivity index is 2.09. The van der Waals surface area contributed by atoms with Gasteiger partial charge in [0.1, 0.15) is 10.8 Å². The van der Waals surface area contributed by atoms with Crippen LogP contribution >= 0.6 is 11.3 Å². The smallest absolute Gasteiger partial charge is 0.139 e. The molecule has 3 heteroatoms. The molecule has 2 rings (SSSR count). The van der Waals surface area contributed by atoms with Crippen LogP contribution in [0.5, 0.6) is 0 Å². The highest BCUT2D eigenvalue weighted by Gasteiger charge is 2.08. The van der Waals surface area contributed by atoms with Crippen molar-refractivity contribution in [1.82, 2.24) is 4.98 Å². The fourth-order valence-corrected chi connectivity index (χ4v) is 2.50. The Kier molecular flexibility index (Phi) is 4.04. The van der Waals surface area contributed by atoms with Gasteiger partial charge in [-0.15, -0.1) is 11.3 Å². The van der Waals surface area contributed by atoms with Crippen LogP contribution in [0.15, 0.2) is 35.7 Å². The van der Waals surface area contributed by atoms with Crippen LogP contribution < -0.4 is 0 Å². The molecule has 0 saturated carbocycles. The minimum absolute atomic E-state index is 0.279. The Morgan fingerprint density at radius 2 is 2.06 bits per heavy atom. The number of carbonyl (C=O) groups excluding carboxylic acids is 1. The highest BCUT2D eigenvalue weighted by Crippen LogP contribution is 2.22. The molecule has 17 heavy (non-hydrogen) atoms. The first-order valence-electron chi connectivity index (χ1n) is 5.81. The molecule has 0 N–H and O–H groups in total. The first-order valence-corrected chi connectivity index (χ1v) is 6.69. The van der Waals surface area contributed by atoms with Crippen LogP contribution in [-0.4, -0.2) is 10.8 Å². The van der Waals surface area contributed by atoms with Crippen molar-refractivity contribution in [2.24, 2.45) is 0 Å². The van der Waals surface area contributed by atoms with E-state index in [-0.39, 0.29) is 5.78 Å². The van der Waals surface area contributed by atoms with Crippen LogP contribution in [0, 0.1) is 0 Å². The average Bonchev–Trinajstić information content (AvgIpc) is 2.79. The molecule has 0 radical (unpaired) electrons.